The van der Waals surface area contributed by atoms with Crippen molar-refractivity contribution in [3.05, 3.63) is 0 Å². The van der Waals surface area contributed by atoms with Crippen molar-refractivity contribution < 1.29 is 9.84 Å². The third-order valence-electron chi connectivity index (χ3n) is 3.38. The highest BCUT2D eigenvalue weighted by molar-refractivity contribution is 4.84. The van der Waals surface area contributed by atoms with Crippen LogP contribution in [0.3, 0.4) is 0 Å². The summed E-state index contributed by atoms with van der Waals surface area (Å²) in [5.41, 5.74) is -0.474. The fourth-order valence-corrected chi connectivity index (χ4v) is 2.24. The van der Waals surface area contributed by atoms with Gasteiger partial charge in [0.1, 0.15) is 0 Å². The van der Waals surface area contributed by atoms with Crippen LogP contribution < -0.4 is 5.32 Å². The molecular formula is C12H25NO2. The second kappa shape index (κ2) is 6.46. The van der Waals surface area contributed by atoms with Crippen LogP contribution in [0.1, 0.15) is 39.0 Å². The van der Waals surface area contributed by atoms with Crippen LogP contribution in [0.5, 0.6) is 0 Å². The van der Waals surface area contributed by atoms with Gasteiger partial charge in [-0.25, -0.2) is 0 Å². The largest absolute Gasteiger partial charge is 0.389 e. The van der Waals surface area contributed by atoms with Gasteiger partial charge >= 0.3 is 0 Å². The van der Waals surface area contributed by atoms with Gasteiger partial charge in [-0.05, 0) is 25.2 Å². The molecule has 1 saturated carbocycles. The summed E-state index contributed by atoms with van der Waals surface area (Å²) >= 11 is 0. The van der Waals surface area contributed by atoms with Gasteiger partial charge in [-0.3, -0.25) is 0 Å². The standard InChI is InChI=1S/C12H25NO2/c1-11-4-3-6-12(14,7-5-11)10-13-8-9-15-2/h11,13-14H,3-10H2,1-2H3. The molecule has 0 spiro atoms. The van der Waals surface area contributed by atoms with E-state index < -0.39 is 5.60 Å². The molecule has 3 heteroatoms. The zero-order chi connectivity index (χ0) is 11.1. The fraction of sp³-hybridized carbons (Fsp3) is 1.00. The summed E-state index contributed by atoms with van der Waals surface area (Å²) in [4.78, 5) is 0. The maximum Gasteiger partial charge on any atom is 0.0771 e. The molecule has 0 aromatic rings. The van der Waals surface area contributed by atoms with E-state index in [9.17, 15) is 5.11 Å². The van der Waals surface area contributed by atoms with Crippen molar-refractivity contribution in [3.63, 3.8) is 0 Å². The zero-order valence-corrected chi connectivity index (χ0v) is 10.1. The van der Waals surface area contributed by atoms with E-state index in [4.69, 9.17) is 4.74 Å². The van der Waals surface area contributed by atoms with Gasteiger partial charge in [-0.1, -0.05) is 19.8 Å². The highest BCUT2D eigenvalue weighted by Gasteiger charge is 2.29. The van der Waals surface area contributed by atoms with Crippen molar-refractivity contribution in [2.24, 2.45) is 5.92 Å². The quantitative estimate of drug-likeness (QED) is 0.540. The van der Waals surface area contributed by atoms with Gasteiger partial charge in [0.05, 0.1) is 12.2 Å². The lowest BCUT2D eigenvalue weighted by Gasteiger charge is -2.27. The number of methoxy groups -OCH3 is 1. The van der Waals surface area contributed by atoms with Gasteiger partial charge in [0, 0.05) is 20.2 Å². The molecule has 0 aliphatic heterocycles. The molecule has 1 rings (SSSR count). The third kappa shape index (κ3) is 4.96. The third-order valence-corrected chi connectivity index (χ3v) is 3.38. The molecule has 90 valence electrons. The Hall–Kier alpha value is -0.120. The van der Waals surface area contributed by atoms with E-state index in [2.05, 4.69) is 12.2 Å². The van der Waals surface area contributed by atoms with Crippen LogP contribution in [0.4, 0.5) is 0 Å². The average molecular weight is 215 g/mol. The molecule has 15 heavy (non-hydrogen) atoms. The highest BCUT2D eigenvalue weighted by atomic mass is 16.5. The summed E-state index contributed by atoms with van der Waals surface area (Å²) in [6.07, 6.45) is 5.46. The minimum absolute atomic E-state index is 0.474. The smallest absolute Gasteiger partial charge is 0.0771 e. The van der Waals surface area contributed by atoms with Gasteiger partial charge < -0.3 is 15.2 Å². The molecule has 0 bridgehead atoms. The Kier molecular flexibility index (Phi) is 5.58. The molecule has 2 N–H and O–H groups in total. The minimum Gasteiger partial charge on any atom is -0.389 e. The molecule has 0 aromatic heterocycles. The molecule has 0 heterocycles. The summed E-state index contributed by atoms with van der Waals surface area (Å²) < 4.78 is 4.96. The lowest BCUT2D eigenvalue weighted by atomic mass is 9.94. The monoisotopic (exact) mass is 215 g/mol. The van der Waals surface area contributed by atoms with E-state index in [1.807, 2.05) is 0 Å². The zero-order valence-electron chi connectivity index (χ0n) is 10.1. The molecule has 1 aliphatic rings. The number of rotatable bonds is 5. The number of aliphatic hydroxyl groups is 1. The van der Waals surface area contributed by atoms with Crippen LogP contribution in [0.2, 0.25) is 0 Å². The van der Waals surface area contributed by atoms with Gasteiger partial charge in [-0.2, -0.15) is 0 Å². The Balaban J connectivity index is 2.24. The van der Waals surface area contributed by atoms with Gasteiger partial charge in [-0.15, -0.1) is 0 Å². The Bertz CT molecular complexity index is 175. The summed E-state index contributed by atoms with van der Waals surface area (Å²) in [5, 5.41) is 13.6. The number of nitrogens with one attached hydrogen (secondary N) is 1. The summed E-state index contributed by atoms with van der Waals surface area (Å²) in [6, 6.07) is 0. The molecule has 0 aromatic carbocycles. The second-order valence-corrected chi connectivity index (χ2v) is 4.93. The molecule has 1 aliphatic carbocycles. The summed E-state index contributed by atoms with van der Waals surface area (Å²) in [7, 11) is 1.70. The predicted octanol–water partition coefficient (Wildman–Crippen LogP) is 1.55. The Labute approximate surface area is 93.2 Å². The van der Waals surface area contributed by atoms with Crippen LogP contribution in [0.25, 0.3) is 0 Å². The van der Waals surface area contributed by atoms with Crippen LogP contribution in [0.15, 0.2) is 0 Å². The van der Waals surface area contributed by atoms with Gasteiger partial charge in [0.15, 0.2) is 0 Å². The number of hydrogen-bond donors (Lipinski definition) is 2. The lowest BCUT2D eigenvalue weighted by Crippen LogP contribution is -2.41. The molecule has 1 fully saturated rings. The highest BCUT2D eigenvalue weighted by Crippen LogP contribution is 2.29. The van der Waals surface area contributed by atoms with E-state index in [0.29, 0.717) is 13.2 Å². The minimum atomic E-state index is -0.474. The topological polar surface area (TPSA) is 41.5 Å². The predicted molar refractivity (Wildman–Crippen MR) is 61.9 cm³/mol. The van der Waals surface area contributed by atoms with Crippen LogP contribution in [0, 0.1) is 5.92 Å². The van der Waals surface area contributed by atoms with E-state index in [-0.39, 0.29) is 0 Å². The first-order valence-electron chi connectivity index (χ1n) is 6.08. The molecule has 2 atom stereocenters. The fourth-order valence-electron chi connectivity index (χ4n) is 2.24. The first-order valence-corrected chi connectivity index (χ1v) is 6.08. The molecule has 0 amide bonds. The molecular weight excluding hydrogens is 190 g/mol. The Morgan fingerprint density at radius 3 is 2.93 bits per heavy atom. The number of ether oxygens (including phenoxy) is 1. The first-order chi connectivity index (χ1) is 7.16. The van der Waals surface area contributed by atoms with Crippen molar-refractivity contribution in [1.29, 1.82) is 0 Å². The van der Waals surface area contributed by atoms with Crippen molar-refractivity contribution in [3.8, 4) is 0 Å². The normalized spacial score (nSPS) is 32.6. The Morgan fingerprint density at radius 2 is 2.20 bits per heavy atom. The second-order valence-electron chi connectivity index (χ2n) is 4.93. The number of hydrogen-bond acceptors (Lipinski definition) is 3. The van der Waals surface area contributed by atoms with Gasteiger partial charge in [0.2, 0.25) is 0 Å². The molecule has 0 radical (unpaired) electrons. The summed E-state index contributed by atoms with van der Waals surface area (Å²) in [5.74, 6) is 0.776. The van der Waals surface area contributed by atoms with Crippen LogP contribution in [-0.4, -0.2) is 37.5 Å². The first kappa shape index (κ1) is 12.9. The van der Waals surface area contributed by atoms with E-state index >= 15 is 0 Å². The SMILES string of the molecule is COCCNCC1(O)CCCC(C)CC1. The van der Waals surface area contributed by atoms with Gasteiger partial charge in [0.25, 0.3) is 0 Å². The maximum absolute atomic E-state index is 10.4. The summed E-state index contributed by atoms with van der Waals surface area (Å²) in [6.45, 7) is 4.54. The van der Waals surface area contributed by atoms with E-state index in [1.165, 1.54) is 6.42 Å². The van der Waals surface area contributed by atoms with E-state index in [0.717, 1.165) is 38.1 Å². The lowest BCUT2D eigenvalue weighted by molar-refractivity contribution is 0.0232. The van der Waals surface area contributed by atoms with E-state index in [1.54, 1.807) is 7.11 Å². The molecule has 3 nitrogen and oxygen atoms in total. The molecule has 2 unspecified atom stereocenters. The van der Waals surface area contributed by atoms with Crippen molar-refractivity contribution >= 4 is 0 Å². The van der Waals surface area contributed by atoms with Crippen LogP contribution >= 0.6 is 0 Å². The van der Waals surface area contributed by atoms with Crippen LogP contribution in [-0.2, 0) is 4.74 Å². The Morgan fingerprint density at radius 1 is 1.40 bits per heavy atom. The van der Waals surface area contributed by atoms with Crippen molar-refractivity contribution in [2.75, 3.05) is 26.8 Å². The maximum atomic E-state index is 10.4. The molecule has 0 saturated heterocycles. The van der Waals surface area contributed by atoms with Crippen molar-refractivity contribution in [2.45, 2.75) is 44.6 Å². The average Bonchev–Trinajstić information content (AvgIpc) is 2.37. The van der Waals surface area contributed by atoms with Crippen molar-refractivity contribution in [1.82, 2.24) is 5.32 Å².